The number of benzene rings is 2. The van der Waals surface area contributed by atoms with Crippen molar-refractivity contribution in [3.05, 3.63) is 48.0 Å². The molecule has 0 amide bonds. The molecule has 0 bridgehead atoms. The van der Waals surface area contributed by atoms with Gasteiger partial charge in [-0.15, -0.1) is 0 Å². The Balaban J connectivity index is 2.17. The lowest BCUT2D eigenvalue weighted by Crippen LogP contribution is -2.24. The Labute approximate surface area is 130 Å². The number of nitrogens with zero attached hydrogens (tertiary/aromatic N) is 1. The molecule has 0 saturated carbocycles. The maximum Gasteiger partial charge on any atom is 0.0491 e. The van der Waals surface area contributed by atoms with Gasteiger partial charge in [-0.1, -0.05) is 38.1 Å². The van der Waals surface area contributed by atoms with Gasteiger partial charge < -0.3 is 14.5 Å². The first-order chi connectivity index (χ1) is 10.6. The summed E-state index contributed by atoms with van der Waals surface area (Å²) in [5, 5.41) is 13.1. The number of carboxylic acids is 1. The highest BCUT2D eigenvalue weighted by atomic mass is 16.4. The summed E-state index contributed by atoms with van der Waals surface area (Å²) >= 11 is 0. The SMILES string of the molecule is CC(C)CCn1c2ccccc2c2cc(CC(=O)[O-])ccc21. The van der Waals surface area contributed by atoms with Gasteiger partial charge >= 0.3 is 0 Å². The van der Waals surface area contributed by atoms with E-state index in [9.17, 15) is 9.90 Å². The Morgan fingerprint density at radius 1 is 1.09 bits per heavy atom. The first-order valence-corrected chi connectivity index (χ1v) is 7.76. The average molecular weight is 294 g/mol. The van der Waals surface area contributed by atoms with E-state index in [2.05, 4.69) is 36.6 Å². The van der Waals surface area contributed by atoms with Gasteiger partial charge in [-0.2, -0.15) is 0 Å². The third-order valence-electron chi connectivity index (χ3n) is 4.12. The van der Waals surface area contributed by atoms with Gasteiger partial charge in [-0.25, -0.2) is 0 Å². The minimum atomic E-state index is -1.04. The second-order valence-corrected chi connectivity index (χ2v) is 6.25. The van der Waals surface area contributed by atoms with Gasteiger partial charge in [0, 0.05) is 40.7 Å². The van der Waals surface area contributed by atoms with E-state index < -0.39 is 5.97 Å². The molecule has 1 heterocycles. The van der Waals surface area contributed by atoms with Crippen molar-refractivity contribution < 1.29 is 9.90 Å². The molecule has 0 aliphatic rings. The number of carbonyl (C=O) groups is 1. The number of aromatic nitrogens is 1. The summed E-state index contributed by atoms with van der Waals surface area (Å²) in [6.45, 7) is 5.43. The third-order valence-corrected chi connectivity index (χ3v) is 4.12. The van der Waals surface area contributed by atoms with Crippen LogP contribution < -0.4 is 5.11 Å². The number of carbonyl (C=O) groups excluding carboxylic acids is 1. The summed E-state index contributed by atoms with van der Waals surface area (Å²) < 4.78 is 2.34. The molecule has 22 heavy (non-hydrogen) atoms. The van der Waals surface area contributed by atoms with E-state index >= 15 is 0 Å². The Morgan fingerprint density at radius 3 is 2.55 bits per heavy atom. The van der Waals surface area contributed by atoms with Gasteiger partial charge in [-0.05, 0) is 36.1 Å². The first-order valence-electron chi connectivity index (χ1n) is 7.76. The second-order valence-electron chi connectivity index (χ2n) is 6.25. The Kier molecular flexibility index (Phi) is 3.88. The smallest absolute Gasteiger partial charge is 0.0491 e. The first kappa shape index (κ1) is 14.6. The van der Waals surface area contributed by atoms with Gasteiger partial charge in [0.1, 0.15) is 0 Å². The van der Waals surface area contributed by atoms with Gasteiger partial charge in [0.2, 0.25) is 0 Å². The predicted molar refractivity (Wildman–Crippen MR) is 87.6 cm³/mol. The van der Waals surface area contributed by atoms with Crippen molar-refractivity contribution in [2.45, 2.75) is 33.2 Å². The molecule has 0 unspecified atom stereocenters. The average Bonchev–Trinajstić information content (AvgIpc) is 2.78. The van der Waals surface area contributed by atoms with E-state index in [0.29, 0.717) is 5.92 Å². The van der Waals surface area contributed by atoms with Crippen LogP contribution in [-0.2, 0) is 17.8 Å². The Morgan fingerprint density at radius 2 is 1.82 bits per heavy atom. The maximum atomic E-state index is 10.8. The number of hydrogen-bond donors (Lipinski definition) is 0. The molecule has 0 N–H and O–H groups in total. The summed E-state index contributed by atoms with van der Waals surface area (Å²) in [5.41, 5.74) is 3.17. The quantitative estimate of drug-likeness (QED) is 0.725. The standard InChI is InChI=1S/C19H21NO2/c1-13(2)9-10-20-17-6-4-3-5-15(17)16-11-14(12-19(21)22)7-8-18(16)20/h3-8,11,13H,9-10,12H2,1-2H3,(H,21,22)/p-1. The van der Waals surface area contributed by atoms with Crippen LogP contribution in [0.4, 0.5) is 0 Å². The van der Waals surface area contributed by atoms with Crippen molar-refractivity contribution in [3.8, 4) is 0 Å². The van der Waals surface area contributed by atoms with E-state index in [0.717, 1.165) is 23.9 Å². The summed E-state index contributed by atoms with van der Waals surface area (Å²) in [6.07, 6.45) is 1.08. The lowest BCUT2D eigenvalue weighted by Gasteiger charge is -2.10. The summed E-state index contributed by atoms with van der Waals surface area (Å²) in [6, 6.07) is 14.2. The number of hydrogen-bond acceptors (Lipinski definition) is 2. The van der Waals surface area contributed by atoms with Gasteiger partial charge in [-0.3, -0.25) is 0 Å². The molecule has 114 valence electrons. The molecule has 3 aromatic rings. The molecular formula is C19H20NO2-. The summed E-state index contributed by atoms with van der Waals surface area (Å²) in [7, 11) is 0. The van der Waals surface area contributed by atoms with Crippen LogP contribution in [0.5, 0.6) is 0 Å². The minimum Gasteiger partial charge on any atom is -0.550 e. The second kappa shape index (κ2) is 5.84. The highest BCUT2D eigenvalue weighted by Gasteiger charge is 2.11. The molecule has 2 aromatic carbocycles. The van der Waals surface area contributed by atoms with Crippen molar-refractivity contribution in [2.75, 3.05) is 0 Å². The number of rotatable bonds is 5. The highest BCUT2D eigenvalue weighted by molar-refractivity contribution is 6.08. The monoisotopic (exact) mass is 294 g/mol. The molecule has 0 spiro atoms. The van der Waals surface area contributed by atoms with Crippen LogP contribution in [0.1, 0.15) is 25.8 Å². The fourth-order valence-corrected chi connectivity index (χ4v) is 3.01. The van der Waals surface area contributed by atoms with Gasteiger partial charge in [0.05, 0.1) is 0 Å². The van der Waals surface area contributed by atoms with Gasteiger partial charge in [0.25, 0.3) is 0 Å². The van der Waals surface area contributed by atoms with Crippen molar-refractivity contribution in [3.63, 3.8) is 0 Å². The molecule has 0 atom stereocenters. The largest absolute Gasteiger partial charge is 0.550 e. The van der Waals surface area contributed by atoms with E-state index in [1.54, 1.807) is 0 Å². The van der Waals surface area contributed by atoms with E-state index in [1.165, 1.54) is 16.4 Å². The van der Waals surface area contributed by atoms with Crippen LogP contribution in [-0.4, -0.2) is 10.5 Å². The Bertz CT molecular complexity index is 830. The zero-order chi connectivity index (χ0) is 15.7. The molecule has 3 nitrogen and oxygen atoms in total. The molecule has 0 radical (unpaired) electrons. The van der Waals surface area contributed by atoms with Gasteiger partial charge in [0.15, 0.2) is 0 Å². The van der Waals surface area contributed by atoms with Crippen LogP contribution in [0.2, 0.25) is 0 Å². The van der Waals surface area contributed by atoms with E-state index in [1.807, 2.05) is 24.3 Å². The molecule has 0 aliphatic heterocycles. The summed E-state index contributed by atoms with van der Waals surface area (Å²) in [4.78, 5) is 10.8. The van der Waals surface area contributed by atoms with Crippen molar-refractivity contribution in [1.29, 1.82) is 0 Å². The predicted octanol–water partition coefficient (Wildman–Crippen LogP) is 3.13. The molecule has 0 saturated heterocycles. The van der Waals surface area contributed by atoms with Crippen molar-refractivity contribution >= 4 is 27.8 Å². The van der Waals surface area contributed by atoms with Crippen LogP contribution in [0, 0.1) is 5.92 Å². The zero-order valence-corrected chi connectivity index (χ0v) is 13.0. The number of para-hydroxylation sites is 1. The lowest BCUT2D eigenvalue weighted by molar-refractivity contribution is -0.304. The molecule has 0 aliphatic carbocycles. The maximum absolute atomic E-state index is 10.8. The fourth-order valence-electron chi connectivity index (χ4n) is 3.01. The number of aliphatic carboxylic acids is 1. The summed E-state index contributed by atoms with van der Waals surface area (Å²) in [5.74, 6) is -0.392. The van der Waals surface area contributed by atoms with Crippen LogP contribution in [0.15, 0.2) is 42.5 Å². The van der Waals surface area contributed by atoms with E-state index in [4.69, 9.17) is 0 Å². The Hall–Kier alpha value is -2.29. The fraction of sp³-hybridized carbons (Fsp3) is 0.316. The zero-order valence-electron chi connectivity index (χ0n) is 13.0. The molecular weight excluding hydrogens is 274 g/mol. The van der Waals surface area contributed by atoms with Crippen molar-refractivity contribution in [1.82, 2.24) is 4.57 Å². The molecule has 3 rings (SSSR count). The van der Waals surface area contributed by atoms with Crippen LogP contribution >= 0.6 is 0 Å². The van der Waals surface area contributed by atoms with Crippen molar-refractivity contribution in [2.24, 2.45) is 5.92 Å². The normalized spacial score (nSPS) is 11.6. The molecule has 3 heteroatoms. The van der Waals surface area contributed by atoms with Crippen LogP contribution in [0.25, 0.3) is 21.8 Å². The third kappa shape index (κ3) is 2.71. The molecule has 0 fully saturated rings. The minimum absolute atomic E-state index is 0.0402. The van der Waals surface area contributed by atoms with Crippen LogP contribution in [0.3, 0.4) is 0 Å². The highest BCUT2D eigenvalue weighted by Crippen LogP contribution is 2.30. The topological polar surface area (TPSA) is 45.1 Å². The molecule has 1 aromatic heterocycles. The number of carboxylic acid groups (broad SMARTS) is 1. The van der Waals surface area contributed by atoms with E-state index in [-0.39, 0.29) is 6.42 Å². The lowest BCUT2D eigenvalue weighted by atomic mass is 10.1. The number of aryl methyl sites for hydroxylation is 1. The number of fused-ring (bicyclic) bond motifs is 3.